The Balaban J connectivity index is 1.83. The Morgan fingerprint density at radius 1 is 0.844 bits per heavy atom. The first-order chi connectivity index (χ1) is 15.5. The number of fused-ring (bicyclic) bond motifs is 3. The number of methoxy groups -OCH3 is 3. The number of hydrogen-bond acceptors (Lipinski definition) is 6. The summed E-state index contributed by atoms with van der Waals surface area (Å²) >= 11 is 0. The molecule has 1 heterocycles. The van der Waals surface area contributed by atoms with Crippen molar-refractivity contribution in [1.29, 1.82) is 0 Å². The molecule has 162 valence electrons. The molecule has 0 unspecified atom stereocenters. The summed E-state index contributed by atoms with van der Waals surface area (Å²) in [6.07, 6.45) is 1.46. The van der Waals surface area contributed by atoms with Gasteiger partial charge in [0.1, 0.15) is 23.0 Å². The number of carbonyl (C=O) groups excluding carboxylic acids is 1. The minimum atomic E-state index is -2.03. The van der Waals surface area contributed by atoms with Crippen LogP contribution >= 0.6 is 0 Å². The molecule has 3 aromatic carbocycles. The third kappa shape index (κ3) is 2.47. The quantitative estimate of drug-likeness (QED) is 0.663. The standard InChI is InChI=1S/C26H22O6/c1-29-18-11-9-17(10-12-18)26-20(16-7-5-4-6-8-16)15-23(27)25(26,28)24-21(31-3)13-19(30-2)14-22(24)32-26/h4-15,28H,1-3H3/t25-,26+/m1/s1. The monoisotopic (exact) mass is 430 g/mol. The maximum atomic E-state index is 13.5. The molecule has 2 atom stereocenters. The van der Waals surface area contributed by atoms with Crippen molar-refractivity contribution in [3.63, 3.8) is 0 Å². The zero-order chi connectivity index (χ0) is 22.5. The maximum Gasteiger partial charge on any atom is 0.208 e. The Labute approximate surface area is 185 Å². The van der Waals surface area contributed by atoms with Crippen LogP contribution in [-0.2, 0) is 16.0 Å². The minimum absolute atomic E-state index is 0.281. The van der Waals surface area contributed by atoms with Crippen molar-refractivity contribution in [2.24, 2.45) is 0 Å². The third-order valence-corrected chi connectivity index (χ3v) is 6.22. The van der Waals surface area contributed by atoms with Crippen molar-refractivity contribution < 1.29 is 28.8 Å². The van der Waals surface area contributed by atoms with Gasteiger partial charge in [-0.1, -0.05) is 42.5 Å². The second-order valence-electron chi connectivity index (χ2n) is 7.71. The Hall–Kier alpha value is -3.77. The maximum absolute atomic E-state index is 13.5. The summed E-state index contributed by atoms with van der Waals surface area (Å²) in [6, 6.07) is 19.9. The Morgan fingerprint density at radius 3 is 2.16 bits per heavy atom. The molecule has 5 rings (SSSR count). The van der Waals surface area contributed by atoms with E-state index in [0.29, 0.717) is 34.1 Å². The van der Waals surface area contributed by atoms with Crippen LogP contribution in [0.1, 0.15) is 16.7 Å². The van der Waals surface area contributed by atoms with Crippen LogP contribution in [0.2, 0.25) is 0 Å². The Bertz CT molecular complexity index is 1230. The molecule has 0 bridgehead atoms. The van der Waals surface area contributed by atoms with Crippen LogP contribution in [0, 0.1) is 0 Å². The van der Waals surface area contributed by atoms with Crippen LogP contribution in [0.3, 0.4) is 0 Å². The van der Waals surface area contributed by atoms with E-state index in [1.165, 1.54) is 20.3 Å². The summed E-state index contributed by atoms with van der Waals surface area (Å²) in [5, 5.41) is 12.2. The van der Waals surface area contributed by atoms with Crippen LogP contribution in [0.5, 0.6) is 23.0 Å². The lowest BCUT2D eigenvalue weighted by Crippen LogP contribution is -2.50. The highest BCUT2D eigenvalue weighted by Gasteiger charge is 2.71. The van der Waals surface area contributed by atoms with Crippen LogP contribution in [-0.4, -0.2) is 32.2 Å². The second kappa shape index (κ2) is 7.14. The molecular weight excluding hydrogens is 408 g/mol. The first-order valence-electron chi connectivity index (χ1n) is 10.1. The van der Waals surface area contributed by atoms with Crippen LogP contribution < -0.4 is 18.9 Å². The van der Waals surface area contributed by atoms with Gasteiger partial charge in [0.15, 0.2) is 5.78 Å². The molecule has 6 nitrogen and oxygen atoms in total. The smallest absolute Gasteiger partial charge is 0.208 e. The zero-order valence-electron chi connectivity index (χ0n) is 17.9. The molecule has 1 N–H and O–H groups in total. The first kappa shape index (κ1) is 20.2. The summed E-state index contributed by atoms with van der Waals surface area (Å²) in [5.74, 6) is 1.31. The van der Waals surface area contributed by atoms with E-state index >= 15 is 0 Å². The third-order valence-electron chi connectivity index (χ3n) is 6.22. The number of hydrogen-bond donors (Lipinski definition) is 1. The Morgan fingerprint density at radius 2 is 1.53 bits per heavy atom. The highest BCUT2D eigenvalue weighted by atomic mass is 16.5. The predicted molar refractivity (Wildman–Crippen MR) is 118 cm³/mol. The molecule has 0 aromatic heterocycles. The fourth-order valence-electron chi connectivity index (χ4n) is 4.73. The van der Waals surface area contributed by atoms with Gasteiger partial charge >= 0.3 is 0 Å². The van der Waals surface area contributed by atoms with Gasteiger partial charge in [0.05, 0.1) is 26.9 Å². The van der Waals surface area contributed by atoms with Crippen LogP contribution in [0.15, 0.2) is 72.8 Å². The van der Waals surface area contributed by atoms with Gasteiger partial charge in [0.25, 0.3) is 0 Å². The number of benzene rings is 3. The van der Waals surface area contributed by atoms with Crippen molar-refractivity contribution in [1.82, 2.24) is 0 Å². The van der Waals surface area contributed by atoms with E-state index < -0.39 is 17.0 Å². The summed E-state index contributed by atoms with van der Waals surface area (Å²) in [7, 11) is 4.60. The zero-order valence-corrected chi connectivity index (χ0v) is 17.9. The van der Waals surface area contributed by atoms with Crippen molar-refractivity contribution in [2.45, 2.75) is 11.2 Å². The summed E-state index contributed by atoms with van der Waals surface area (Å²) in [5.41, 5.74) is -1.32. The van der Waals surface area contributed by atoms with E-state index in [0.717, 1.165) is 5.56 Å². The summed E-state index contributed by atoms with van der Waals surface area (Å²) in [6.45, 7) is 0. The fourth-order valence-corrected chi connectivity index (χ4v) is 4.73. The molecule has 2 aliphatic rings. The number of aliphatic hydroxyl groups is 1. The number of rotatable bonds is 5. The van der Waals surface area contributed by atoms with Crippen molar-refractivity contribution >= 4 is 11.4 Å². The van der Waals surface area contributed by atoms with E-state index in [-0.39, 0.29) is 5.56 Å². The van der Waals surface area contributed by atoms with Gasteiger partial charge in [0.2, 0.25) is 11.2 Å². The lowest BCUT2D eigenvalue weighted by Gasteiger charge is -2.37. The van der Waals surface area contributed by atoms with Crippen molar-refractivity contribution in [3.05, 3.63) is 89.5 Å². The lowest BCUT2D eigenvalue weighted by molar-refractivity contribution is -0.145. The van der Waals surface area contributed by atoms with E-state index in [2.05, 4.69) is 0 Å². The molecule has 1 aliphatic heterocycles. The summed E-state index contributed by atoms with van der Waals surface area (Å²) in [4.78, 5) is 13.5. The van der Waals surface area contributed by atoms with Crippen LogP contribution in [0.25, 0.3) is 5.57 Å². The molecule has 0 amide bonds. The minimum Gasteiger partial charge on any atom is -0.497 e. The molecule has 3 aromatic rings. The van der Waals surface area contributed by atoms with Gasteiger partial charge in [-0.25, -0.2) is 0 Å². The topological polar surface area (TPSA) is 74.2 Å². The number of ether oxygens (including phenoxy) is 4. The average Bonchev–Trinajstić information content (AvgIpc) is 3.24. The molecular formula is C26H22O6. The molecule has 0 spiro atoms. The predicted octanol–water partition coefficient (Wildman–Crippen LogP) is 3.85. The van der Waals surface area contributed by atoms with Gasteiger partial charge in [0, 0.05) is 23.3 Å². The molecule has 1 aliphatic carbocycles. The summed E-state index contributed by atoms with van der Waals surface area (Å²) < 4.78 is 22.8. The molecule has 0 saturated carbocycles. The normalized spacial score (nSPS) is 23.1. The molecule has 0 fully saturated rings. The second-order valence-corrected chi connectivity index (χ2v) is 7.71. The molecule has 32 heavy (non-hydrogen) atoms. The van der Waals surface area contributed by atoms with Crippen LogP contribution in [0.4, 0.5) is 0 Å². The first-order valence-corrected chi connectivity index (χ1v) is 10.1. The van der Waals surface area contributed by atoms with E-state index in [4.69, 9.17) is 18.9 Å². The van der Waals surface area contributed by atoms with Crippen molar-refractivity contribution in [2.75, 3.05) is 21.3 Å². The molecule has 0 saturated heterocycles. The van der Waals surface area contributed by atoms with Gasteiger partial charge < -0.3 is 24.1 Å². The highest BCUT2D eigenvalue weighted by Crippen LogP contribution is 2.65. The van der Waals surface area contributed by atoms with E-state index in [9.17, 15) is 9.90 Å². The molecule has 6 heteroatoms. The SMILES string of the molecule is COc1ccc([C@@]23Oc4cc(OC)cc(OC)c4[C@]2(O)C(=O)C=C3c2ccccc2)cc1. The highest BCUT2D eigenvalue weighted by molar-refractivity contribution is 6.13. The lowest BCUT2D eigenvalue weighted by atomic mass is 9.72. The fraction of sp³-hybridized carbons (Fsp3) is 0.192. The van der Waals surface area contributed by atoms with E-state index in [1.807, 2.05) is 30.3 Å². The number of carbonyl (C=O) groups is 1. The van der Waals surface area contributed by atoms with Crippen molar-refractivity contribution in [3.8, 4) is 23.0 Å². The number of ketones is 1. The van der Waals surface area contributed by atoms with Gasteiger partial charge in [-0.05, 0) is 23.8 Å². The van der Waals surface area contributed by atoms with Gasteiger partial charge in [-0.3, -0.25) is 4.79 Å². The Kier molecular flexibility index (Phi) is 4.50. The largest absolute Gasteiger partial charge is 0.497 e. The van der Waals surface area contributed by atoms with Gasteiger partial charge in [-0.2, -0.15) is 0 Å². The molecule has 0 radical (unpaired) electrons. The van der Waals surface area contributed by atoms with E-state index in [1.54, 1.807) is 43.5 Å². The average molecular weight is 430 g/mol. The van der Waals surface area contributed by atoms with Gasteiger partial charge in [-0.15, -0.1) is 0 Å².